The molecule has 0 bridgehead atoms. The van der Waals surface area contributed by atoms with Gasteiger partial charge in [-0.3, -0.25) is 0 Å². The van der Waals surface area contributed by atoms with Crippen LogP contribution in [0.3, 0.4) is 0 Å². The molecule has 0 radical (unpaired) electrons. The minimum atomic E-state index is -1.54. The van der Waals surface area contributed by atoms with E-state index in [9.17, 15) is 13.2 Å². The zero-order chi connectivity index (χ0) is 15.7. The number of hydrogen-bond acceptors (Lipinski definition) is 5. The number of hydrogen-bond donors (Lipinski definition) is 2. The largest absolute Gasteiger partial charge is 0.368 e. The third-order valence-electron chi connectivity index (χ3n) is 2.74. The van der Waals surface area contributed by atoms with Crippen molar-refractivity contribution in [3.05, 3.63) is 54.0 Å². The van der Waals surface area contributed by atoms with Crippen LogP contribution in [0.5, 0.6) is 0 Å². The van der Waals surface area contributed by atoms with Crippen LogP contribution in [0.2, 0.25) is 0 Å². The second-order valence-electron chi connectivity index (χ2n) is 4.27. The Kier molecular flexibility index (Phi) is 3.37. The standard InChI is InChI=1S/C13H9F3N6/c14-8-5-7(6-9(15)11(8)16)19-13-20-12(17)22(21-13)10-3-1-2-4-18-10/h1-6H,(H3,17,19,20,21). The first-order valence-electron chi connectivity index (χ1n) is 6.10. The van der Waals surface area contributed by atoms with Gasteiger partial charge in [0, 0.05) is 24.0 Å². The highest BCUT2D eigenvalue weighted by atomic mass is 19.2. The number of aromatic nitrogens is 4. The van der Waals surface area contributed by atoms with Crippen LogP contribution in [0.1, 0.15) is 0 Å². The number of rotatable bonds is 3. The molecule has 2 aromatic heterocycles. The summed E-state index contributed by atoms with van der Waals surface area (Å²) in [5.41, 5.74) is 5.67. The van der Waals surface area contributed by atoms with Crippen molar-refractivity contribution in [3.8, 4) is 5.82 Å². The van der Waals surface area contributed by atoms with E-state index in [4.69, 9.17) is 5.73 Å². The third kappa shape index (κ3) is 2.55. The maximum atomic E-state index is 13.2. The molecule has 0 fully saturated rings. The minimum absolute atomic E-state index is 0.00596. The van der Waals surface area contributed by atoms with Crippen LogP contribution in [0.15, 0.2) is 36.5 Å². The zero-order valence-electron chi connectivity index (χ0n) is 11.0. The molecule has 2 heterocycles. The van der Waals surface area contributed by atoms with Crippen molar-refractivity contribution in [1.82, 2.24) is 19.7 Å². The summed E-state index contributed by atoms with van der Waals surface area (Å²) in [5, 5.41) is 6.57. The molecule has 3 rings (SSSR count). The molecule has 0 atom stereocenters. The van der Waals surface area contributed by atoms with E-state index < -0.39 is 17.5 Å². The Hall–Kier alpha value is -3.10. The average molecular weight is 306 g/mol. The van der Waals surface area contributed by atoms with Crippen molar-refractivity contribution in [2.24, 2.45) is 0 Å². The molecule has 112 valence electrons. The second kappa shape index (κ2) is 5.35. The second-order valence-corrected chi connectivity index (χ2v) is 4.27. The fourth-order valence-electron chi connectivity index (χ4n) is 1.78. The van der Waals surface area contributed by atoms with Crippen LogP contribution in [0.25, 0.3) is 5.82 Å². The summed E-state index contributed by atoms with van der Waals surface area (Å²) >= 11 is 0. The van der Waals surface area contributed by atoms with Crippen molar-refractivity contribution >= 4 is 17.6 Å². The fraction of sp³-hybridized carbons (Fsp3) is 0. The van der Waals surface area contributed by atoms with E-state index in [0.29, 0.717) is 5.82 Å². The molecular weight excluding hydrogens is 297 g/mol. The Morgan fingerprint density at radius 3 is 2.45 bits per heavy atom. The Labute approximate surface area is 122 Å². The minimum Gasteiger partial charge on any atom is -0.368 e. The Bertz CT molecular complexity index is 795. The van der Waals surface area contributed by atoms with Crippen molar-refractivity contribution in [3.63, 3.8) is 0 Å². The molecule has 0 saturated heterocycles. The van der Waals surface area contributed by atoms with Crippen LogP contribution in [-0.4, -0.2) is 19.7 Å². The van der Waals surface area contributed by atoms with Gasteiger partial charge in [0.25, 0.3) is 0 Å². The lowest BCUT2D eigenvalue weighted by Crippen LogP contribution is -2.04. The Morgan fingerprint density at radius 1 is 1.09 bits per heavy atom. The highest BCUT2D eigenvalue weighted by Gasteiger charge is 2.13. The number of nitrogens with zero attached hydrogens (tertiary/aromatic N) is 4. The molecule has 0 aliphatic carbocycles. The Morgan fingerprint density at radius 2 is 1.82 bits per heavy atom. The van der Waals surface area contributed by atoms with Gasteiger partial charge in [0.1, 0.15) is 0 Å². The summed E-state index contributed by atoms with van der Waals surface area (Å²) in [6, 6.07) is 6.69. The van der Waals surface area contributed by atoms with E-state index in [2.05, 4.69) is 20.4 Å². The summed E-state index contributed by atoms with van der Waals surface area (Å²) in [4.78, 5) is 7.96. The summed E-state index contributed by atoms with van der Waals surface area (Å²) < 4.78 is 40.5. The van der Waals surface area contributed by atoms with Crippen molar-refractivity contribution < 1.29 is 13.2 Å². The van der Waals surface area contributed by atoms with Gasteiger partial charge in [0.05, 0.1) is 0 Å². The maximum Gasteiger partial charge on any atom is 0.248 e. The lowest BCUT2D eigenvalue weighted by Gasteiger charge is -2.03. The van der Waals surface area contributed by atoms with Gasteiger partial charge < -0.3 is 11.1 Å². The predicted octanol–water partition coefficient (Wildman–Crippen LogP) is 2.41. The van der Waals surface area contributed by atoms with Gasteiger partial charge in [0.15, 0.2) is 23.3 Å². The monoisotopic (exact) mass is 306 g/mol. The van der Waals surface area contributed by atoms with Crippen LogP contribution in [0.4, 0.5) is 30.8 Å². The van der Waals surface area contributed by atoms with Gasteiger partial charge >= 0.3 is 0 Å². The number of benzene rings is 1. The highest BCUT2D eigenvalue weighted by molar-refractivity contribution is 5.54. The SMILES string of the molecule is Nc1nc(Nc2cc(F)c(F)c(F)c2)nn1-c1ccccn1. The number of nitrogens with two attached hydrogens (primary N) is 1. The van der Waals surface area contributed by atoms with Gasteiger partial charge in [-0.15, -0.1) is 5.10 Å². The zero-order valence-corrected chi connectivity index (χ0v) is 11.0. The predicted molar refractivity (Wildman–Crippen MR) is 73.2 cm³/mol. The lowest BCUT2D eigenvalue weighted by molar-refractivity contribution is 0.448. The smallest absolute Gasteiger partial charge is 0.248 e. The Balaban J connectivity index is 1.91. The quantitative estimate of drug-likeness (QED) is 0.726. The van der Waals surface area contributed by atoms with Crippen molar-refractivity contribution in [2.75, 3.05) is 11.1 Å². The third-order valence-corrected chi connectivity index (χ3v) is 2.74. The molecule has 3 aromatic rings. The van der Waals surface area contributed by atoms with Gasteiger partial charge in [0.2, 0.25) is 11.9 Å². The molecule has 3 N–H and O–H groups in total. The van der Waals surface area contributed by atoms with Crippen LogP contribution in [0, 0.1) is 17.5 Å². The lowest BCUT2D eigenvalue weighted by atomic mass is 10.3. The van der Waals surface area contributed by atoms with Gasteiger partial charge in [-0.25, -0.2) is 18.2 Å². The average Bonchev–Trinajstić information content (AvgIpc) is 2.86. The molecule has 0 aliphatic rings. The normalized spacial score (nSPS) is 10.7. The van der Waals surface area contributed by atoms with Crippen LogP contribution >= 0.6 is 0 Å². The number of halogens is 3. The summed E-state index contributed by atoms with van der Waals surface area (Å²) in [5.74, 6) is -3.73. The molecule has 22 heavy (non-hydrogen) atoms. The van der Waals surface area contributed by atoms with E-state index in [1.165, 1.54) is 4.68 Å². The number of nitrogens with one attached hydrogen (secondary N) is 1. The molecule has 0 unspecified atom stereocenters. The summed E-state index contributed by atoms with van der Waals surface area (Å²) in [6.45, 7) is 0. The summed E-state index contributed by atoms with van der Waals surface area (Å²) in [6.07, 6.45) is 1.55. The van der Waals surface area contributed by atoms with E-state index in [0.717, 1.165) is 12.1 Å². The van der Waals surface area contributed by atoms with E-state index >= 15 is 0 Å². The number of nitrogen functional groups attached to an aromatic ring is 1. The maximum absolute atomic E-state index is 13.2. The molecule has 0 saturated carbocycles. The van der Waals surface area contributed by atoms with Crippen LogP contribution < -0.4 is 11.1 Å². The first kappa shape index (κ1) is 13.9. The molecule has 9 heteroatoms. The molecule has 1 aromatic carbocycles. The van der Waals surface area contributed by atoms with Gasteiger partial charge in [-0.1, -0.05) is 6.07 Å². The number of anilines is 3. The van der Waals surface area contributed by atoms with Crippen LogP contribution in [-0.2, 0) is 0 Å². The fourth-order valence-corrected chi connectivity index (χ4v) is 1.78. The molecule has 0 amide bonds. The first-order valence-corrected chi connectivity index (χ1v) is 6.10. The molecule has 0 spiro atoms. The molecule has 0 aliphatic heterocycles. The highest BCUT2D eigenvalue weighted by Crippen LogP contribution is 2.21. The topological polar surface area (TPSA) is 81.6 Å². The van der Waals surface area contributed by atoms with E-state index in [1.54, 1.807) is 24.4 Å². The van der Waals surface area contributed by atoms with Crippen molar-refractivity contribution in [1.29, 1.82) is 0 Å². The van der Waals surface area contributed by atoms with Gasteiger partial charge in [-0.2, -0.15) is 9.67 Å². The molecule has 6 nitrogen and oxygen atoms in total. The van der Waals surface area contributed by atoms with Crippen molar-refractivity contribution in [2.45, 2.75) is 0 Å². The first-order chi connectivity index (χ1) is 10.5. The van der Waals surface area contributed by atoms with Gasteiger partial charge in [-0.05, 0) is 12.1 Å². The van der Waals surface area contributed by atoms with E-state index in [-0.39, 0.29) is 17.6 Å². The van der Waals surface area contributed by atoms with E-state index in [1.807, 2.05) is 0 Å². The molecular formula is C13H9F3N6. The summed E-state index contributed by atoms with van der Waals surface area (Å²) in [7, 11) is 0. The number of pyridine rings is 1.